The van der Waals surface area contributed by atoms with E-state index in [4.69, 9.17) is 14.5 Å². The van der Waals surface area contributed by atoms with E-state index in [0.29, 0.717) is 31.3 Å². The minimum Gasteiger partial charge on any atom is -0.494 e. The molecule has 8 heteroatoms. The lowest BCUT2D eigenvalue weighted by molar-refractivity contribution is 0.339. The van der Waals surface area contributed by atoms with Gasteiger partial charge in [0.1, 0.15) is 11.5 Å². The van der Waals surface area contributed by atoms with Gasteiger partial charge >= 0.3 is 0 Å². The molecule has 2 heterocycles. The van der Waals surface area contributed by atoms with Gasteiger partial charge < -0.3 is 20.1 Å². The van der Waals surface area contributed by atoms with Gasteiger partial charge in [-0.2, -0.15) is 5.10 Å². The van der Waals surface area contributed by atoms with E-state index in [2.05, 4.69) is 27.6 Å². The van der Waals surface area contributed by atoms with Gasteiger partial charge in [-0.3, -0.25) is 4.68 Å². The number of aryl methyl sites for hydroxylation is 2. The summed E-state index contributed by atoms with van der Waals surface area (Å²) in [4.78, 5) is 9.02. The number of benzene rings is 1. The second-order valence-electron chi connectivity index (χ2n) is 7.33. The van der Waals surface area contributed by atoms with Gasteiger partial charge in [0, 0.05) is 43.7 Å². The second kappa shape index (κ2) is 11.2. The molecule has 0 aliphatic rings. The second-order valence-corrected chi connectivity index (χ2v) is 7.33. The number of guanidine groups is 1. The van der Waals surface area contributed by atoms with Gasteiger partial charge in [-0.15, -0.1) is 0 Å². The van der Waals surface area contributed by atoms with Gasteiger partial charge in [0.15, 0.2) is 5.96 Å². The molecule has 8 nitrogen and oxygen atoms in total. The Labute approximate surface area is 189 Å². The molecule has 2 aromatic heterocycles. The third kappa shape index (κ3) is 6.23. The van der Waals surface area contributed by atoms with E-state index in [0.717, 1.165) is 35.2 Å². The van der Waals surface area contributed by atoms with Crippen LogP contribution in [0.25, 0.3) is 0 Å². The van der Waals surface area contributed by atoms with Crippen LogP contribution in [0.1, 0.15) is 36.4 Å². The number of rotatable bonds is 9. The van der Waals surface area contributed by atoms with Crippen molar-refractivity contribution in [2.45, 2.75) is 40.8 Å². The number of hydrogen-bond donors (Lipinski definition) is 2. The summed E-state index contributed by atoms with van der Waals surface area (Å²) in [5, 5.41) is 11.2. The van der Waals surface area contributed by atoms with E-state index >= 15 is 0 Å². The monoisotopic (exact) mass is 436 g/mol. The number of nitrogens with one attached hydrogen (secondary N) is 2. The topological polar surface area (TPSA) is 85.6 Å². The average Bonchev–Trinajstić information content (AvgIpc) is 3.03. The van der Waals surface area contributed by atoms with Gasteiger partial charge in [0.2, 0.25) is 5.88 Å². The zero-order chi connectivity index (χ0) is 22.9. The van der Waals surface area contributed by atoms with Gasteiger partial charge in [-0.05, 0) is 63.6 Å². The Morgan fingerprint density at radius 1 is 1.06 bits per heavy atom. The highest BCUT2D eigenvalue weighted by Crippen LogP contribution is 2.23. The van der Waals surface area contributed by atoms with Crippen LogP contribution in [0.15, 0.2) is 47.6 Å². The minimum absolute atomic E-state index is 0.502. The summed E-state index contributed by atoms with van der Waals surface area (Å²) in [5.74, 6) is 2.80. The van der Waals surface area contributed by atoms with Crippen molar-refractivity contribution in [2.24, 2.45) is 12.0 Å². The number of ether oxygens (including phenoxy) is 2. The summed E-state index contributed by atoms with van der Waals surface area (Å²) in [5.41, 5.74) is 4.37. The molecule has 0 spiro atoms. The van der Waals surface area contributed by atoms with Crippen molar-refractivity contribution < 1.29 is 9.47 Å². The van der Waals surface area contributed by atoms with Crippen molar-refractivity contribution >= 4 is 5.96 Å². The highest BCUT2D eigenvalue weighted by atomic mass is 16.5. The SMILES string of the molecule is CCNC(=NCc1ccnc(Oc2ccc(OCC)cc2)c1)NCc1c(C)nn(C)c1C. The summed E-state index contributed by atoms with van der Waals surface area (Å²) in [6.07, 6.45) is 1.73. The Morgan fingerprint density at radius 2 is 1.81 bits per heavy atom. The molecule has 0 fully saturated rings. The van der Waals surface area contributed by atoms with E-state index in [1.54, 1.807) is 6.20 Å². The van der Waals surface area contributed by atoms with Gasteiger partial charge in [0.05, 0.1) is 18.8 Å². The van der Waals surface area contributed by atoms with Crippen LogP contribution in [0.4, 0.5) is 0 Å². The Bertz CT molecular complexity index is 1040. The third-order valence-corrected chi connectivity index (χ3v) is 5.01. The lowest BCUT2D eigenvalue weighted by Crippen LogP contribution is -2.37. The van der Waals surface area contributed by atoms with E-state index < -0.39 is 0 Å². The molecule has 0 bridgehead atoms. The number of hydrogen-bond acceptors (Lipinski definition) is 5. The maximum atomic E-state index is 5.88. The van der Waals surface area contributed by atoms with Crippen LogP contribution in [0.5, 0.6) is 17.4 Å². The number of aromatic nitrogens is 3. The van der Waals surface area contributed by atoms with Crippen LogP contribution >= 0.6 is 0 Å². The van der Waals surface area contributed by atoms with Crippen molar-refractivity contribution in [2.75, 3.05) is 13.2 Å². The largest absolute Gasteiger partial charge is 0.494 e. The first-order valence-corrected chi connectivity index (χ1v) is 10.9. The predicted octanol–water partition coefficient (Wildman–Crippen LogP) is 3.88. The van der Waals surface area contributed by atoms with E-state index in [1.165, 1.54) is 5.56 Å². The molecular formula is C24H32N6O2. The lowest BCUT2D eigenvalue weighted by atomic mass is 10.2. The van der Waals surface area contributed by atoms with Gasteiger partial charge in [-0.25, -0.2) is 9.98 Å². The lowest BCUT2D eigenvalue weighted by Gasteiger charge is -2.12. The maximum Gasteiger partial charge on any atom is 0.219 e. The van der Waals surface area contributed by atoms with Crippen LogP contribution in [0.2, 0.25) is 0 Å². The van der Waals surface area contributed by atoms with Crippen molar-refractivity contribution in [3.63, 3.8) is 0 Å². The van der Waals surface area contributed by atoms with Crippen molar-refractivity contribution in [3.05, 3.63) is 65.1 Å². The standard InChI is InChI=1S/C24H32N6O2/c1-6-25-24(28-16-22-17(3)29-30(5)18(22)4)27-15-19-12-13-26-23(14-19)32-21-10-8-20(9-11-21)31-7-2/h8-14H,6-7,15-16H2,1-5H3,(H2,25,27,28). The first-order valence-electron chi connectivity index (χ1n) is 10.9. The first kappa shape index (κ1) is 23.1. The highest BCUT2D eigenvalue weighted by molar-refractivity contribution is 5.79. The van der Waals surface area contributed by atoms with Crippen LogP contribution in [-0.2, 0) is 20.1 Å². The van der Waals surface area contributed by atoms with Crippen LogP contribution in [0.3, 0.4) is 0 Å². The Balaban J connectivity index is 1.64. The molecule has 0 aliphatic heterocycles. The van der Waals surface area contributed by atoms with Crippen LogP contribution in [-0.4, -0.2) is 33.9 Å². The Morgan fingerprint density at radius 3 is 2.47 bits per heavy atom. The number of aliphatic imine (C=N–C) groups is 1. The molecule has 0 unspecified atom stereocenters. The molecule has 3 rings (SSSR count). The van der Waals surface area contributed by atoms with Crippen molar-refractivity contribution in [3.8, 4) is 17.4 Å². The number of pyridine rings is 1. The molecule has 0 amide bonds. The molecular weight excluding hydrogens is 404 g/mol. The van der Waals surface area contributed by atoms with Crippen LogP contribution in [0, 0.1) is 13.8 Å². The molecule has 170 valence electrons. The molecule has 3 aromatic rings. The fraction of sp³-hybridized carbons (Fsp3) is 0.375. The number of nitrogens with zero attached hydrogens (tertiary/aromatic N) is 4. The van der Waals surface area contributed by atoms with Crippen molar-refractivity contribution in [1.82, 2.24) is 25.4 Å². The zero-order valence-corrected chi connectivity index (χ0v) is 19.5. The quantitative estimate of drug-likeness (QED) is 0.391. The molecule has 0 saturated heterocycles. The molecule has 0 radical (unpaired) electrons. The predicted molar refractivity (Wildman–Crippen MR) is 126 cm³/mol. The molecule has 2 N–H and O–H groups in total. The Kier molecular flexibility index (Phi) is 8.08. The van der Waals surface area contributed by atoms with E-state index in [9.17, 15) is 0 Å². The minimum atomic E-state index is 0.502. The summed E-state index contributed by atoms with van der Waals surface area (Å²) < 4.78 is 13.3. The average molecular weight is 437 g/mol. The fourth-order valence-corrected chi connectivity index (χ4v) is 3.25. The first-order chi connectivity index (χ1) is 15.5. The molecule has 0 saturated carbocycles. The summed E-state index contributed by atoms with van der Waals surface area (Å²) >= 11 is 0. The van der Waals surface area contributed by atoms with E-state index in [-0.39, 0.29) is 0 Å². The van der Waals surface area contributed by atoms with Gasteiger partial charge in [-0.1, -0.05) is 0 Å². The summed E-state index contributed by atoms with van der Waals surface area (Å²) in [7, 11) is 1.96. The molecule has 0 atom stereocenters. The Hall–Kier alpha value is -3.55. The normalized spacial score (nSPS) is 11.3. The summed E-state index contributed by atoms with van der Waals surface area (Å²) in [6.45, 7) is 10.7. The molecule has 1 aromatic carbocycles. The summed E-state index contributed by atoms with van der Waals surface area (Å²) in [6, 6.07) is 11.3. The zero-order valence-electron chi connectivity index (χ0n) is 19.5. The maximum absolute atomic E-state index is 5.88. The fourth-order valence-electron chi connectivity index (χ4n) is 3.25. The third-order valence-electron chi connectivity index (χ3n) is 5.01. The highest BCUT2D eigenvalue weighted by Gasteiger charge is 2.10. The smallest absolute Gasteiger partial charge is 0.219 e. The van der Waals surface area contributed by atoms with E-state index in [1.807, 2.05) is 68.9 Å². The molecule has 32 heavy (non-hydrogen) atoms. The molecule has 0 aliphatic carbocycles. The van der Waals surface area contributed by atoms with Crippen LogP contribution < -0.4 is 20.1 Å². The van der Waals surface area contributed by atoms with Crippen molar-refractivity contribution in [1.29, 1.82) is 0 Å². The van der Waals surface area contributed by atoms with Gasteiger partial charge in [0.25, 0.3) is 0 Å².